The highest BCUT2D eigenvalue weighted by Crippen LogP contribution is 2.21. The molecule has 0 bridgehead atoms. The van der Waals surface area contributed by atoms with Crippen LogP contribution in [0.2, 0.25) is 10.1 Å². The Kier molecular flexibility index (Phi) is 4.01. The molecule has 3 heteroatoms. The van der Waals surface area contributed by atoms with Crippen molar-refractivity contribution in [2.75, 3.05) is 0 Å². The zero-order valence-electron chi connectivity index (χ0n) is 8.91. The van der Waals surface area contributed by atoms with Gasteiger partial charge in [0.15, 0.2) is 0 Å². The first-order valence-corrected chi connectivity index (χ1v) is 7.24. The summed E-state index contributed by atoms with van der Waals surface area (Å²) in [7, 11) is -0.0369. The van der Waals surface area contributed by atoms with Crippen molar-refractivity contribution in [1.29, 1.82) is 0 Å². The molecule has 1 nitrogen and oxygen atoms in total. The standard InChI is InChI=1S/C8H23NSi2/c1-7(2,3)10-9-11-8(4,5)6/h9H,10-11H2,1-6H3. The van der Waals surface area contributed by atoms with E-state index in [0.717, 1.165) is 0 Å². The van der Waals surface area contributed by atoms with Crippen molar-refractivity contribution >= 4 is 19.4 Å². The highest BCUT2D eigenvalue weighted by atomic mass is 28.3. The molecule has 0 atom stereocenters. The van der Waals surface area contributed by atoms with Crippen LogP contribution in [-0.2, 0) is 0 Å². The lowest BCUT2D eigenvalue weighted by molar-refractivity contribution is 0.730. The topological polar surface area (TPSA) is 12.0 Å². The molecule has 68 valence electrons. The van der Waals surface area contributed by atoms with Crippen LogP contribution in [0.15, 0.2) is 0 Å². The third kappa shape index (κ3) is 10.4. The molecule has 0 spiro atoms. The molecule has 0 amide bonds. The fraction of sp³-hybridized carbons (Fsp3) is 1.00. The second kappa shape index (κ2) is 3.87. The van der Waals surface area contributed by atoms with Crippen molar-refractivity contribution in [3.8, 4) is 0 Å². The molecular weight excluding hydrogens is 166 g/mol. The van der Waals surface area contributed by atoms with Crippen molar-refractivity contribution in [1.82, 2.24) is 4.65 Å². The molecule has 0 fully saturated rings. The number of hydrogen-bond acceptors (Lipinski definition) is 1. The van der Waals surface area contributed by atoms with Gasteiger partial charge in [-0.1, -0.05) is 41.5 Å². The van der Waals surface area contributed by atoms with Gasteiger partial charge in [0, 0.05) is 0 Å². The molecule has 0 aliphatic rings. The average Bonchev–Trinajstić information content (AvgIpc) is 1.55. The fourth-order valence-corrected chi connectivity index (χ4v) is 7.31. The van der Waals surface area contributed by atoms with Crippen LogP contribution in [0.5, 0.6) is 0 Å². The van der Waals surface area contributed by atoms with E-state index in [1.165, 1.54) is 0 Å². The molecule has 0 unspecified atom stereocenters. The highest BCUT2D eigenvalue weighted by molar-refractivity contribution is 6.54. The van der Waals surface area contributed by atoms with Crippen LogP contribution in [0.1, 0.15) is 41.5 Å². The van der Waals surface area contributed by atoms with Crippen LogP contribution in [0.3, 0.4) is 0 Å². The van der Waals surface area contributed by atoms with Crippen LogP contribution in [0.25, 0.3) is 0 Å². The van der Waals surface area contributed by atoms with E-state index >= 15 is 0 Å². The quantitative estimate of drug-likeness (QED) is 0.643. The fourth-order valence-electron chi connectivity index (χ4n) is 0.812. The molecule has 0 rings (SSSR count). The van der Waals surface area contributed by atoms with Gasteiger partial charge in [0.2, 0.25) is 0 Å². The van der Waals surface area contributed by atoms with Crippen LogP contribution in [0, 0.1) is 0 Å². The maximum Gasteiger partial charge on any atom is 0.0899 e. The third-order valence-corrected chi connectivity index (χ3v) is 5.43. The molecule has 11 heavy (non-hydrogen) atoms. The second-order valence-corrected chi connectivity index (χ2v) is 12.7. The second-order valence-electron chi connectivity index (χ2n) is 5.72. The van der Waals surface area contributed by atoms with Crippen molar-refractivity contribution in [3.05, 3.63) is 0 Å². The molecule has 0 radical (unpaired) electrons. The molecule has 0 aromatic heterocycles. The first-order valence-electron chi connectivity index (χ1n) is 4.41. The molecule has 1 N–H and O–H groups in total. The van der Waals surface area contributed by atoms with E-state index in [9.17, 15) is 0 Å². The van der Waals surface area contributed by atoms with Crippen LogP contribution in [0.4, 0.5) is 0 Å². The smallest absolute Gasteiger partial charge is 0.0899 e. The summed E-state index contributed by atoms with van der Waals surface area (Å²) in [6, 6.07) is 0. The first-order chi connectivity index (χ1) is 4.71. The molecule has 0 heterocycles. The summed E-state index contributed by atoms with van der Waals surface area (Å²) in [5, 5.41) is 1.16. The van der Waals surface area contributed by atoms with Gasteiger partial charge in [0.1, 0.15) is 0 Å². The summed E-state index contributed by atoms with van der Waals surface area (Å²) in [5.41, 5.74) is 0. The predicted octanol–water partition coefficient (Wildman–Crippen LogP) is 1.18. The molecule has 0 saturated heterocycles. The largest absolute Gasteiger partial charge is 0.368 e. The minimum Gasteiger partial charge on any atom is -0.368 e. The molecular formula is C8H23NSi2. The Balaban J connectivity index is 3.44. The normalized spacial score (nSPS) is 15.8. The van der Waals surface area contributed by atoms with Gasteiger partial charge in [0.25, 0.3) is 0 Å². The SMILES string of the molecule is CC(C)(C)[SiH2]N[SiH2]C(C)(C)C. The maximum absolute atomic E-state index is 3.74. The molecule has 0 aliphatic heterocycles. The van der Waals surface area contributed by atoms with Crippen molar-refractivity contribution in [2.24, 2.45) is 0 Å². The third-order valence-electron chi connectivity index (χ3n) is 1.31. The van der Waals surface area contributed by atoms with Crippen LogP contribution < -0.4 is 4.65 Å². The molecule has 0 aromatic carbocycles. The Morgan fingerprint density at radius 1 is 0.727 bits per heavy atom. The summed E-state index contributed by atoms with van der Waals surface area (Å²) < 4.78 is 3.74. The van der Waals surface area contributed by atoms with Gasteiger partial charge in [-0.3, -0.25) is 0 Å². The van der Waals surface area contributed by atoms with E-state index in [2.05, 4.69) is 46.2 Å². The van der Waals surface area contributed by atoms with E-state index in [1.807, 2.05) is 0 Å². The minimum atomic E-state index is -0.0184. The van der Waals surface area contributed by atoms with E-state index in [4.69, 9.17) is 0 Å². The zero-order chi connectivity index (χ0) is 9.12. The Morgan fingerprint density at radius 3 is 1.18 bits per heavy atom. The Morgan fingerprint density at radius 2 is 1.00 bits per heavy atom. The van der Waals surface area contributed by atoms with Gasteiger partial charge in [-0.15, -0.1) is 0 Å². The van der Waals surface area contributed by atoms with Crippen molar-refractivity contribution in [3.63, 3.8) is 0 Å². The zero-order valence-corrected chi connectivity index (χ0v) is 11.7. The Hall–Kier alpha value is 0.394. The summed E-state index contributed by atoms with van der Waals surface area (Å²) in [5.74, 6) is 0. The molecule has 0 saturated carbocycles. The van der Waals surface area contributed by atoms with Crippen molar-refractivity contribution in [2.45, 2.75) is 51.6 Å². The van der Waals surface area contributed by atoms with Gasteiger partial charge in [0.05, 0.1) is 19.4 Å². The van der Waals surface area contributed by atoms with E-state index < -0.39 is 0 Å². The summed E-state index contributed by atoms with van der Waals surface area (Å²) in [4.78, 5) is 0. The van der Waals surface area contributed by atoms with Crippen molar-refractivity contribution < 1.29 is 0 Å². The number of hydrogen-bond donors (Lipinski definition) is 1. The summed E-state index contributed by atoms with van der Waals surface area (Å²) in [6.07, 6.45) is 0. The lowest BCUT2D eigenvalue weighted by Gasteiger charge is -2.23. The highest BCUT2D eigenvalue weighted by Gasteiger charge is 2.14. The van der Waals surface area contributed by atoms with Gasteiger partial charge in [-0.2, -0.15) is 0 Å². The lowest BCUT2D eigenvalue weighted by Crippen LogP contribution is -2.34. The number of rotatable bonds is 2. The lowest BCUT2D eigenvalue weighted by atomic mass is 10.3. The van der Waals surface area contributed by atoms with E-state index in [0.29, 0.717) is 10.1 Å². The average molecular weight is 189 g/mol. The van der Waals surface area contributed by atoms with Gasteiger partial charge in [-0.05, 0) is 10.1 Å². The van der Waals surface area contributed by atoms with Gasteiger partial charge in [-0.25, -0.2) is 0 Å². The minimum absolute atomic E-state index is 0.0184. The Bertz CT molecular complexity index is 96.2. The monoisotopic (exact) mass is 189 g/mol. The molecule has 0 aliphatic carbocycles. The predicted molar refractivity (Wildman–Crippen MR) is 59.7 cm³/mol. The van der Waals surface area contributed by atoms with E-state index in [1.54, 1.807) is 0 Å². The van der Waals surface area contributed by atoms with E-state index in [-0.39, 0.29) is 19.4 Å². The van der Waals surface area contributed by atoms with Crippen LogP contribution >= 0.6 is 0 Å². The number of nitrogens with one attached hydrogen (secondary N) is 1. The molecule has 0 aromatic rings. The first kappa shape index (κ1) is 11.4. The summed E-state index contributed by atoms with van der Waals surface area (Å²) in [6.45, 7) is 14.0. The summed E-state index contributed by atoms with van der Waals surface area (Å²) >= 11 is 0. The maximum atomic E-state index is 3.74. The van der Waals surface area contributed by atoms with Crippen LogP contribution in [-0.4, -0.2) is 19.4 Å². The van der Waals surface area contributed by atoms with Gasteiger partial charge >= 0.3 is 0 Å². The Labute approximate surface area is 76.2 Å². The van der Waals surface area contributed by atoms with Gasteiger partial charge < -0.3 is 4.65 Å².